The van der Waals surface area contributed by atoms with Gasteiger partial charge in [-0.05, 0) is 61.2 Å². The molecule has 150 valence electrons. The number of halogens is 1. The minimum absolute atomic E-state index is 0.0627. The summed E-state index contributed by atoms with van der Waals surface area (Å²) in [7, 11) is 0. The maximum atomic E-state index is 12.9. The van der Waals surface area contributed by atoms with Crippen LogP contribution < -0.4 is 10.9 Å². The summed E-state index contributed by atoms with van der Waals surface area (Å²) in [5.74, 6) is -0.241. The Morgan fingerprint density at radius 1 is 1.21 bits per heavy atom. The molecule has 6 heteroatoms. The highest BCUT2D eigenvalue weighted by Crippen LogP contribution is 2.20. The molecule has 1 N–H and O–H groups in total. The normalized spacial score (nSPS) is 17.0. The molecule has 29 heavy (non-hydrogen) atoms. The molecule has 2 aromatic carbocycles. The summed E-state index contributed by atoms with van der Waals surface area (Å²) < 4.78 is 11.6. The Kier molecular flexibility index (Phi) is 5.97. The number of carbonyl (C=O) groups excluding carboxylic acids is 1. The van der Waals surface area contributed by atoms with Gasteiger partial charge in [0.05, 0.1) is 11.8 Å². The first-order valence-electron chi connectivity index (χ1n) is 9.89. The molecule has 0 radical (unpaired) electrons. The van der Waals surface area contributed by atoms with Gasteiger partial charge in [-0.3, -0.25) is 4.79 Å². The van der Waals surface area contributed by atoms with E-state index in [1.54, 1.807) is 24.3 Å². The molecule has 1 fully saturated rings. The van der Waals surface area contributed by atoms with Crippen molar-refractivity contribution in [2.75, 3.05) is 13.2 Å². The average Bonchev–Trinajstić information content (AvgIpc) is 3.26. The molecule has 1 saturated heterocycles. The highest BCUT2D eigenvalue weighted by Gasteiger charge is 2.18. The number of nitrogens with zero attached hydrogens (tertiary/aromatic N) is 1. The van der Waals surface area contributed by atoms with E-state index in [0.717, 1.165) is 36.9 Å². The zero-order valence-corrected chi connectivity index (χ0v) is 17.0. The predicted octanol–water partition coefficient (Wildman–Crippen LogP) is 4.79. The van der Waals surface area contributed by atoms with Gasteiger partial charge >= 0.3 is 0 Å². The van der Waals surface area contributed by atoms with Crippen LogP contribution in [0.2, 0.25) is 5.02 Å². The SMILES string of the molecule is CCc1ccc(N=c2oc3ccc(Cl)cc3cc2C(=O)NC[C@@H]2CCCO2)cc1. The summed E-state index contributed by atoms with van der Waals surface area (Å²) in [6.07, 6.45) is 3.00. The molecule has 0 spiro atoms. The van der Waals surface area contributed by atoms with E-state index < -0.39 is 0 Å². The van der Waals surface area contributed by atoms with Crippen LogP contribution in [0.5, 0.6) is 0 Å². The van der Waals surface area contributed by atoms with E-state index in [1.165, 1.54) is 5.56 Å². The van der Waals surface area contributed by atoms with Crippen LogP contribution in [-0.2, 0) is 11.2 Å². The molecular formula is C23H23ClN2O3. The lowest BCUT2D eigenvalue weighted by Crippen LogP contribution is -2.34. The number of benzene rings is 2. The number of hydrogen-bond acceptors (Lipinski definition) is 4. The first-order chi connectivity index (χ1) is 14.1. The fourth-order valence-electron chi connectivity index (χ4n) is 3.38. The monoisotopic (exact) mass is 410 g/mol. The van der Waals surface area contributed by atoms with Gasteiger partial charge in [0, 0.05) is 23.6 Å². The molecule has 5 nitrogen and oxygen atoms in total. The summed E-state index contributed by atoms with van der Waals surface area (Å²) in [4.78, 5) is 17.5. The third-order valence-electron chi connectivity index (χ3n) is 5.04. The maximum Gasteiger partial charge on any atom is 0.256 e. The fraction of sp³-hybridized carbons (Fsp3) is 0.304. The smallest absolute Gasteiger partial charge is 0.256 e. The molecule has 3 aromatic rings. The molecule has 0 saturated carbocycles. The molecule has 1 aromatic heterocycles. The quantitative estimate of drug-likeness (QED) is 0.657. The number of rotatable bonds is 5. The maximum absolute atomic E-state index is 12.9. The second kappa shape index (κ2) is 8.80. The summed E-state index contributed by atoms with van der Waals surface area (Å²) in [6, 6.07) is 15.0. The number of aryl methyl sites for hydroxylation is 1. The lowest BCUT2D eigenvalue weighted by molar-refractivity contribution is 0.0854. The van der Waals surface area contributed by atoms with E-state index in [4.69, 9.17) is 20.8 Å². The van der Waals surface area contributed by atoms with Crippen molar-refractivity contribution in [3.63, 3.8) is 0 Å². The van der Waals surface area contributed by atoms with Gasteiger partial charge in [-0.1, -0.05) is 30.7 Å². The zero-order chi connectivity index (χ0) is 20.2. The lowest BCUT2D eigenvalue weighted by Gasteiger charge is -2.11. The van der Waals surface area contributed by atoms with Crippen LogP contribution in [0.1, 0.15) is 35.7 Å². The van der Waals surface area contributed by atoms with E-state index in [1.807, 2.05) is 24.3 Å². The third-order valence-corrected chi connectivity index (χ3v) is 5.28. The Morgan fingerprint density at radius 2 is 2.03 bits per heavy atom. The molecule has 1 aliphatic heterocycles. The van der Waals surface area contributed by atoms with Gasteiger partial charge in [-0.15, -0.1) is 0 Å². The molecule has 1 amide bonds. The van der Waals surface area contributed by atoms with Crippen molar-refractivity contribution in [1.82, 2.24) is 5.32 Å². The Hall–Kier alpha value is -2.63. The topological polar surface area (TPSA) is 63.8 Å². The van der Waals surface area contributed by atoms with Gasteiger partial charge in [0.25, 0.3) is 5.91 Å². The standard InChI is InChI=1S/C23H23ClN2O3/c1-2-15-5-8-18(9-6-15)26-23-20(22(27)25-14-19-4-3-11-28-19)13-16-12-17(24)7-10-21(16)29-23/h5-10,12-13,19H,2-4,11,14H2,1H3,(H,25,27)/t19-/m0/s1. The Morgan fingerprint density at radius 3 is 2.76 bits per heavy atom. The zero-order valence-electron chi connectivity index (χ0n) is 16.3. The van der Waals surface area contributed by atoms with Crippen LogP contribution in [-0.4, -0.2) is 25.2 Å². The van der Waals surface area contributed by atoms with Crippen LogP contribution in [0.3, 0.4) is 0 Å². The van der Waals surface area contributed by atoms with E-state index in [-0.39, 0.29) is 17.6 Å². The minimum Gasteiger partial charge on any atom is -0.438 e. The molecule has 1 atom stereocenters. The van der Waals surface area contributed by atoms with Gasteiger partial charge in [0.2, 0.25) is 5.55 Å². The van der Waals surface area contributed by atoms with Crippen molar-refractivity contribution in [3.05, 3.63) is 70.2 Å². The van der Waals surface area contributed by atoms with E-state index in [0.29, 0.717) is 22.7 Å². The second-order valence-electron chi connectivity index (χ2n) is 7.12. The van der Waals surface area contributed by atoms with E-state index in [9.17, 15) is 4.79 Å². The molecule has 4 rings (SSSR count). The number of ether oxygens (including phenoxy) is 1. The van der Waals surface area contributed by atoms with Crippen molar-refractivity contribution >= 4 is 34.2 Å². The largest absolute Gasteiger partial charge is 0.438 e. The van der Waals surface area contributed by atoms with Crippen molar-refractivity contribution in [3.8, 4) is 0 Å². The molecule has 1 aliphatic rings. The number of amides is 1. The Labute approximate surface area is 174 Å². The summed E-state index contributed by atoms with van der Waals surface area (Å²) in [5, 5.41) is 4.28. The first-order valence-corrected chi connectivity index (χ1v) is 10.3. The molecule has 0 unspecified atom stereocenters. The summed E-state index contributed by atoms with van der Waals surface area (Å²) in [6.45, 7) is 3.32. The predicted molar refractivity (Wildman–Crippen MR) is 114 cm³/mol. The van der Waals surface area contributed by atoms with Crippen LogP contribution in [0.15, 0.2) is 57.9 Å². The van der Waals surface area contributed by atoms with Crippen LogP contribution >= 0.6 is 11.6 Å². The molecule has 2 heterocycles. The number of carbonyl (C=O) groups is 1. The van der Waals surface area contributed by atoms with Crippen LogP contribution in [0, 0.1) is 0 Å². The molecular weight excluding hydrogens is 388 g/mol. The average molecular weight is 411 g/mol. The van der Waals surface area contributed by atoms with Crippen LogP contribution in [0.4, 0.5) is 5.69 Å². The van der Waals surface area contributed by atoms with Gasteiger partial charge < -0.3 is 14.5 Å². The summed E-state index contributed by atoms with van der Waals surface area (Å²) in [5.41, 5.74) is 3.22. The van der Waals surface area contributed by atoms with Crippen molar-refractivity contribution in [2.45, 2.75) is 32.3 Å². The van der Waals surface area contributed by atoms with Gasteiger partial charge in [-0.2, -0.15) is 0 Å². The lowest BCUT2D eigenvalue weighted by atomic mass is 10.1. The second-order valence-corrected chi connectivity index (χ2v) is 7.56. The minimum atomic E-state index is -0.241. The number of nitrogens with one attached hydrogen (secondary N) is 1. The number of hydrogen-bond donors (Lipinski definition) is 1. The molecule has 0 bridgehead atoms. The van der Waals surface area contributed by atoms with Crippen molar-refractivity contribution in [2.24, 2.45) is 4.99 Å². The van der Waals surface area contributed by atoms with E-state index in [2.05, 4.69) is 17.2 Å². The van der Waals surface area contributed by atoms with Crippen LogP contribution in [0.25, 0.3) is 11.0 Å². The highest BCUT2D eigenvalue weighted by atomic mass is 35.5. The van der Waals surface area contributed by atoms with Gasteiger partial charge in [-0.25, -0.2) is 4.99 Å². The first kappa shape index (κ1) is 19.7. The van der Waals surface area contributed by atoms with Crippen molar-refractivity contribution < 1.29 is 13.9 Å². The van der Waals surface area contributed by atoms with Crippen molar-refractivity contribution in [1.29, 1.82) is 0 Å². The van der Waals surface area contributed by atoms with E-state index >= 15 is 0 Å². The van der Waals surface area contributed by atoms with Gasteiger partial charge in [0.15, 0.2) is 0 Å². The molecule has 0 aliphatic carbocycles. The fourth-order valence-corrected chi connectivity index (χ4v) is 3.56. The van der Waals surface area contributed by atoms with Gasteiger partial charge in [0.1, 0.15) is 11.1 Å². The number of fused-ring (bicyclic) bond motifs is 1. The Bertz CT molecular complexity index is 1080. The summed E-state index contributed by atoms with van der Waals surface area (Å²) >= 11 is 6.11. The third kappa shape index (κ3) is 4.69. The highest BCUT2D eigenvalue weighted by molar-refractivity contribution is 6.31. The Balaban J connectivity index is 1.73.